The zero-order chi connectivity index (χ0) is 16.1. The van der Waals surface area contributed by atoms with Crippen molar-refractivity contribution in [2.24, 2.45) is 21.6 Å². The molecule has 0 bridgehead atoms. The number of benzene rings is 1. The minimum Gasteiger partial charge on any atom is -0.355 e. The molecule has 1 amide bonds. The zero-order valence-corrected chi connectivity index (χ0v) is 13.4. The first-order valence-corrected chi connectivity index (χ1v) is 8.34. The molecule has 0 radical (unpaired) electrons. The predicted octanol–water partition coefficient (Wildman–Crippen LogP) is 3.04. The van der Waals surface area contributed by atoms with E-state index in [0.29, 0.717) is 24.8 Å². The average Bonchev–Trinajstić information content (AvgIpc) is 3.40. The number of terminal acetylenes is 1. The highest BCUT2D eigenvalue weighted by molar-refractivity contribution is 5.88. The second kappa shape index (κ2) is 4.92. The first kappa shape index (κ1) is 14.4. The molecule has 1 aromatic carbocycles. The normalized spacial score (nSPS) is 31.0. The minimum atomic E-state index is -0.313. The van der Waals surface area contributed by atoms with Crippen molar-refractivity contribution in [1.29, 1.82) is 0 Å². The standard InChI is InChI=1S/C19H21N3O/c1-3-4-9-19(21-22-19)10-11-20-17(23)18(2)15-12-13-7-5-6-8-14(13)16(15)18/h1,5-8,15-16H,4,9-12H2,2H3,(H,20,23). The van der Waals surface area contributed by atoms with E-state index < -0.39 is 0 Å². The number of nitrogens with one attached hydrogen (secondary N) is 1. The Kier molecular flexibility index (Phi) is 3.09. The molecular weight excluding hydrogens is 286 g/mol. The molecular formula is C19H21N3O. The van der Waals surface area contributed by atoms with Gasteiger partial charge in [0, 0.05) is 31.7 Å². The van der Waals surface area contributed by atoms with Gasteiger partial charge in [-0.15, -0.1) is 12.3 Å². The molecule has 1 aromatic rings. The van der Waals surface area contributed by atoms with Gasteiger partial charge in [0.2, 0.25) is 5.91 Å². The number of hydrogen-bond donors (Lipinski definition) is 1. The highest BCUT2D eigenvalue weighted by atomic mass is 16.2. The maximum atomic E-state index is 12.7. The highest BCUT2D eigenvalue weighted by Gasteiger charge is 2.69. The molecule has 3 aliphatic rings. The molecule has 4 nitrogen and oxygen atoms in total. The molecule has 1 saturated carbocycles. The summed E-state index contributed by atoms with van der Waals surface area (Å²) in [5.74, 6) is 3.66. The van der Waals surface area contributed by atoms with Gasteiger partial charge >= 0.3 is 0 Å². The van der Waals surface area contributed by atoms with Gasteiger partial charge in [-0.2, -0.15) is 10.2 Å². The summed E-state index contributed by atoms with van der Waals surface area (Å²) < 4.78 is 0. The van der Waals surface area contributed by atoms with Gasteiger partial charge in [0.05, 0.1) is 5.41 Å². The fourth-order valence-corrected chi connectivity index (χ4v) is 4.28. The predicted molar refractivity (Wildman–Crippen MR) is 87.8 cm³/mol. The van der Waals surface area contributed by atoms with E-state index in [2.05, 4.69) is 52.7 Å². The highest BCUT2D eigenvalue weighted by Crippen LogP contribution is 2.70. The van der Waals surface area contributed by atoms with E-state index in [1.54, 1.807) is 0 Å². The molecule has 1 N–H and O–H groups in total. The van der Waals surface area contributed by atoms with Gasteiger partial charge in [0.25, 0.3) is 0 Å². The van der Waals surface area contributed by atoms with E-state index in [0.717, 1.165) is 19.3 Å². The molecule has 23 heavy (non-hydrogen) atoms. The molecule has 1 heterocycles. The summed E-state index contributed by atoms with van der Waals surface area (Å²) in [6.07, 6.45) is 8.54. The third kappa shape index (κ3) is 2.18. The van der Waals surface area contributed by atoms with Gasteiger partial charge < -0.3 is 5.32 Å². The largest absolute Gasteiger partial charge is 0.355 e. The average molecular weight is 307 g/mol. The SMILES string of the molecule is C#CCCC1(CCNC(=O)C2(C)C3Cc4ccccc4C32)N=N1. The topological polar surface area (TPSA) is 53.8 Å². The van der Waals surface area contributed by atoms with Crippen LogP contribution in [0.2, 0.25) is 0 Å². The van der Waals surface area contributed by atoms with E-state index in [-0.39, 0.29) is 17.0 Å². The van der Waals surface area contributed by atoms with Crippen molar-refractivity contribution < 1.29 is 4.79 Å². The van der Waals surface area contributed by atoms with Crippen LogP contribution in [0.1, 0.15) is 43.2 Å². The Bertz CT molecular complexity index is 726. The van der Waals surface area contributed by atoms with Crippen LogP contribution in [0.5, 0.6) is 0 Å². The van der Waals surface area contributed by atoms with Gasteiger partial charge in [-0.05, 0) is 30.4 Å². The van der Waals surface area contributed by atoms with E-state index in [4.69, 9.17) is 6.42 Å². The Morgan fingerprint density at radius 3 is 2.91 bits per heavy atom. The van der Waals surface area contributed by atoms with Crippen LogP contribution >= 0.6 is 0 Å². The maximum Gasteiger partial charge on any atom is 0.226 e. The summed E-state index contributed by atoms with van der Waals surface area (Å²) in [6, 6.07) is 8.52. The summed E-state index contributed by atoms with van der Waals surface area (Å²) in [5, 5.41) is 11.3. The Labute approximate surface area is 136 Å². The molecule has 0 spiro atoms. The Morgan fingerprint density at radius 2 is 2.17 bits per heavy atom. The van der Waals surface area contributed by atoms with Crippen molar-refractivity contribution >= 4 is 5.91 Å². The first-order valence-electron chi connectivity index (χ1n) is 8.34. The Morgan fingerprint density at radius 1 is 1.39 bits per heavy atom. The van der Waals surface area contributed by atoms with E-state index in [9.17, 15) is 4.79 Å². The second-order valence-electron chi connectivity index (χ2n) is 7.16. The molecule has 0 aromatic heterocycles. The lowest BCUT2D eigenvalue weighted by Crippen LogP contribution is -2.35. The van der Waals surface area contributed by atoms with Crippen LogP contribution in [0.4, 0.5) is 0 Å². The number of fused-ring (bicyclic) bond motifs is 3. The van der Waals surface area contributed by atoms with E-state index in [1.165, 1.54) is 11.1 Å². The summed E-state index contributed by atoms with van der Waals surface area (Å²) in [4.78, 5) is 12.7. The summed E-state index contributed by atoms with van der Waals surface area (Å²) in [5.41, 5.74) is 2.23. The van der Waals surface area contributed by atoms with Crippen molar-refractivity contribution in [2.45, 2.75) is 44.2 Å². The van der Waals surface area contributed by atoms with E-state index in [1.807, 2.05) is 0 Å². The lowest BCUT2D eigenvalue weighted by Gasteiger charge is -2.17. The fraction of sp³-hybridized carbons (Fsp3) is 0.526. The van der Waals surface area contributed by atoms with Crippen molar-refractivity contribution in [1.82, 2.24) is 5.32 Å². The van der Waals surface area contributed by atoms with Crippen molar-refractivity contribution in [2.75, 3.05) is 6.54 Å². The third-order valence-corrected chi connectivity index (χ3v) is 5.89. The molecule has 1 fully saturated rings. The molecule has 118 valence electrons. The lowest BCUT2D eigenvalue weighted by atomic mass is 9.92. The summed E-state index contributed by atoms with van der Waals surface area (Å²) in [6.45, 7) is 2.72. The molecule has 0 saturated heterocycles. The number of amides is 1. The van der Waals surface area contributed by atoms with Gasteiger partial charge in [-0.25, -0.2) is 0 Å². The molecule has 2 aliphatic carbocycles. The Hall–Kier alpha value is -2.15. The molecule has 3 unspecified atom stereocenters. The Balaban J connectivity index is 1.33. The lowest BCUT2D eigenvalue weighted by molar-refractivity contribution is -0.126. The minimum absolute atomic E-state index is 0.176. The van der Waals surface area contributed by atoms with Crippen LogP contribution in [-0.2, 0) is 11.2 Å². The number of rotatable bonds is 6. The zero-order valence-electron chi connectivity index (χ0n) is 13.4. The molecule has 4 heteroatoms. The van der Waals surface area contributed by atoms with Crippen LogP contribution in [-0.4, -0.2) is 18.1 Å². The van der Waals surface area contributed by atoms with Gasteiger partial charge in [-0.3, -0.25) is 4.79 Å². The maximum absolute atomic E-state index is 12.7. The monoisotopic (exact) mass is 307 g/mol. The van der Waals surface area contributed by atoms with Crippen molar-refractivity contribution in [3.05, 3.63) is 35.4 Å². The third-order valence-electron chi connectivity index (χ3n) is 5.89. The van der Waals surface area contributed by atoms with Crippen LogP contribution in [0.3, 0.4) is 0 Å². The molecule has 3 atom stereocenters. The van der Waals surface area contributed by atoms with E-state index >= 15 is 0 Å². The van der Waals surface area contributed by atoms with Crippen molar-refractivity contribution in [3.63, 3.8) is 0 Å². The molecule has 4 rings (SSSR count). The number of hydrogen-bond acceptors (Lipinski definition) is 3. The van der Waals surface area contributed by atoms with Crippen molar-refractivity contribution in [3.8, 4) is 12.3 Å². The quantitative estimate of drug-likeness (QED) is 0.807. The van der Waals surface area contributed by atoms with Crippen LogP contribution in [0.25, 0.3) is 0 Å². The van der Waals surface area contributed by atoms with Gasteiger partial charge in [0.1, 0.15) is 0 Å². The smallest absolute Gasteiger partial charge is 0.226 e. The second-order valence-corrected chi connectivity index (χ2v) is 7.16. The first-order chi connectivity index (χ1) is 11.1. The number of nitrogens with zero attached hydrogens (tertiary/aromatic N) is 2. The fourth-order valence-electron chi connectivity index (χ4n) is 4.28. The molecule has 1 aliphatic heterocycles. The van der Waals surface area contributed by atoms with Gasteiger partial charge in [-0.1, -0.05) is 24.3 Å². The summed E-state index contributed by atoms with van der Waals surface area (Å²) >= 11 is 0. The number of carbonyl (C=O) groups is 1. The van der Waals surface area contributed by atoms with Gasteiger partial charge in [0.15, 0.2) is 5.66 Å². The van der Waals surface area contributed by atoms with Crippen LogP contribution in [0.15, 0.2) is 34.5 Å². The van der Waals surface area contributed by atoms with Crippen LogP contribution < -0.4 is 5.32 Å². The van der Waals surface area contributed by atoms with Crippen LogP contribution in [0, 0.1) is 23.7 Å². The number of carbonyl (C=O) groups excluding carboxylic acids is 1. The summed E-state index contributed by atoms with van der Waals surface area (Å²) in [7, 11) is 0.